The molecule has 38 heavy (non-hydrogen) atoms. The summed E-state index contributed by atoms with van der Waals surface area (Å²) in [5.41, 5.74) is 0.537. The van der Waals surface area contributed by atoms with Crippen LogP contribution in [0.2, 0.25) is 0 Å². The molecule has 3 fully saturated rings. The van der Waals surface area contributed by atoms with Gasteiger partial charge < -0.3 is 15.0 Å². The molecule has 0 aromatic carbocycles. The van der Waals surface area contributed by atoms with Crippen molar-refractivity contribution in [2.75, 3.05) is 13.1 Å². The Hall–Kier alpha value is -2.83. The molecule has 1 aliphatic carbocycles. The van der Waals surface area contributed by atoms with Crippen molar-refractivity contribution in [3.63, 3.8) is 0 Å². The Bertz CT molecular complexity index is 1250. The van der Waals surface area contributed by atoms with Gasteiger partial charge in [-0.2, -0.15) is 4.31 Å². The maximum absolute atomic E-state index is 13.8. The highest BCUT2D eigenvalue weighted by Crippen LogP contribution is 2.34. The number of Topliss-reactive ketones (excluding diaryl/α,β-unsaturated/α-hetero) is 1. The molecule has 12 heteroatoms. The van der Waals surface area contributed by atoms with Gasteiger partial charge in [0.2, 0.25) is 15.9 Å². The molecule has 2 saturated heterocycles. The van der Waals surface area contributed by atoms with Gasteiger partial charge in [-0.05, 0) is 41.8 Å². The number of aromatic nitrogens is 1. The first kappa shape index (κ1) is 26.8. The van der Waals surface area contributed by atoms with Crippen molar-refractivity contribution in [1.82, 2.24) is 19.5 Å². The van der Waals surface area contributed by atoms with E-state index < -0.39 is 34.2 Å². The maximum atomic E-state index is 13.8. The molecule has 0 spiro atoms. The van der Waals surface area contributed by atoms with Crippen LogP contribution >= 0.6 is 11.3 Å². The van der Waals surface area contributed by atoms with Gasteiger partial charge in [-0.15, -0.1) is 11.3 Å². The smallest absolute Gasteiger partial charge is 0.409 e. The summed E-state index contributed by atoms with van der Waals surface area (Å²) in [6, 6.07) is 2.71. The van der Waals surface area contributed by atoms with Gasteiger partial charge >= 0.3 is 6.09 Å². The fourth-order valence-electron chi connectivity index (χ4n) is 5.93. The molecule has 2 aromatic heterocycles. The number of rotatable bonds is 8. The Morgan fingerprint density at radius 3 is 2.71 bits per heavy atom. The Labute approximate surface area is 226 Å². The van der Waals surface area contributed by atoms with Crippen molar-refractivity contribution in [1.29, 1.82) is 0 Å². The lowest BCUT2D eigenvalue weighted by Crippen LogP contribution is -2.53. The van der Waals surface area contributed by atoms with Gasteiger partial charge in [0.25, 0.3) is 0 Å². The average molecular weight is 561 g/mol. The number of hydrogen-bond donors (Lipinski definition) is 1. The van der Waals surface area contributed by atoms with E-state index in [1.807, 2.05) is 0 Å². The molecule has 4 heterocycles. The number of thiophene rings is 1. The third-order valence-corrected chi connectivity index (χ3v) is 10.2. The van der Waals surface area contributed by atoms with Gasteiger partial charge in [0, 0.05) is 24.3 Å². The number of hydrogen-bond acceptors (Lipinski definition) is 8. The molecular formula is C26H32N4O6S2. The predicted octanol–water partition coefficient (Wildman–Crippen LogP) is 2.95. The third-order valence-electron chi connectivity index (χ3n) is 7.68. The summed E-state index contributed by atoms with van der Waals surface area (Å²) in [5.74, 6) is -0.227. The topological polar surface area (TPSA) is 126 Å². The van der Waals surface area contributed by atoms with E-state index in [9.17, 15) is 22.8 Å². The second-order valence-electron chi connectivity index (χ2n) is 10.2. The van der Waals surface area contributed by atoms with E-state index in [1.165, 1.54) is 26.7 Å². The van der Waals surface area contributed by atoms with Crippen LogP contribution in [0.1, 0.15) is 50.5 Å². The number of pyridine rings is 1. The molecule has 10 nitrogen and oxygen atoms in total. The molecule has 1 N–H and O–H groups in total. The van der Waals surface area contributed by atoms with Crippen molar-refractivity contribution < 1.29 is 27.5 Å². The van der Waals surface area contributed by atoms with Crippen molar-refractivity contribution in [3.05, 3.63) is 46.9 Å². The molecule has 5 rings (SSSR count). The number of ketones is 1. The summed E-state index contributed by atoms with van der Waals surface area (Å²) in [6.45, 7) is -0.0100. The fourth-order valence-corrected chi connectivity index (χ4v) is 8.19. The summed E-state index contributed by atoms with van der Waals surface area (Å²) >= 11 is 1.39. The number of fused-ring (bicyclic) bond motifs is 1. The van der Waals surface area contributed by atoms with Crippen LogP contribution in [-0.2, 0) is 25.4 Å². The number of likely N-dealkylation sites (tertiary alicyclic amines) is 1. The standard InChI is InChI=1S/C26H32N4O6S2/c31-23-15-30(38(34,35)17-19-7-4-10-27-14-19)22-8-11-29(24(22)23)25(32)21(13-18-5-2-1-3-6-18)28-26(33)36-20-9-12-37-16-20/h4,7,9-10,12,14,16,18,21-22,24H,1-3,5-6,8,11,13,15,17H2,(H,28,33). The molecule has 2 aliphatic heterocycles. The number of carbonyl (C=O) groups excluding carboxylic acids is 3. The summed E-state index contributed by atoms with van der Waals surface area (Å²) in [7, 11) is -3.79. The van der Waals surface area contributed by atoms with Gasteiger partial charge in [-0.25, -0.2) is 13.2 Å². The SMILES string of the molecule is O=C(NC(CC1CCCCC1)C(=O)N1CCC2C1C(=O)CN2S(=O)(=O)Cc1cccnc1)Oc1ccsc1. The molecule has 3 aliphatic rings. The van der Waals surface area contributed by atoms with E-state index in [0.29, 0.717) is 24.2 Å². The largest absolute Gasteiger partial charge is 0.413 e. The minimum Gasteiger partial charge on any atom is -0.409 e. The summed E-state index contributed by atoms with van der Waals surface area (Å²) < 4.78 is 33.0. The van der Waals surface area contributed by atoms with Gasteiger partial charge in [-0.3, -0.25) is 14.6 Å². The predicted molar refractivity (Wildman–Crippen MR) is 141 cm³/mol. The highest BCUT2D eigenvalue weighted by Gasteiger charge is 2.54. The zero-order valence-electron chi connectivity index (χ0n) is 21.0. The normalized spacial score (nSPS) is 23.3. The molecule has 2 amide bonds. The van der Waals surface area contributed by atoms with Crippen LogP contribution in [0.3, 0.4) is 0 Å². The number of nitrogens with zero attached hydrogens (tertiary/aromatic N) is 3. The summed E-state index contributed by atoms with van der Waals surface area (Å²) in [6.07, 6.45) is 8.47. The maximum Gasteiger partial charge on any atom is 0.413 e. The Balaban J connectivity index is 1.31. The first-order valence-electron chi connectivity index (χ1n) is 13.0. The third kappa shape index (κ3) is 5.92. The Morgan fingerprint density at radius 1 is 1.18 bits per heavy atom. The Kier molecular flexibility index (Phi) is 8.10. The van der Waals surface area contributed by atoms with E-state index in [2.05, 4.69) is 10.3 Å². The number of ether oxygens (including phenoxy) is 1. The lowest BCUT2D eigenvalue weighted by Gasteiger charge is -2.31. The lowest BCUT2D eigenvalue weighted by molar-refractivity contribution is -0.138. The van der Waals surface area contributed by atoms with E-state index in [1.54, 1.807) is 35.2 Å². The molecule has 1 saturated carbocycles. The highest BCUT2D eigenvalue weighted by atomic mass is 32.2. The lowest BCUT2D eigenvalue weighted by atomic mass is 9.84. The van der Waals surface area contributed by atoms with Gasteiger partial charge in [0.15, 0.2) is 5.78 Å². The molecule has 3 atom stereocenters. The highest BCUT2D eigenvalue weighted by molar-refractivity contribution is 7.88. The van der Waals surface area contributed by atoms with Crippen LogP contribution in [-0.4, -0.2) is 71.6 Å². The molecule has 2 aromatic rings. The number of carbonyl (C=O) groups is 3. The molecular weight excluding hydrogens is 528 g/mol. The summed E-state index contributed by atoms with van der Waals surface area (Å²) in [4.78, 5) is 45.1. The van der Waals surface area contributed by atoms with Crippen LogP contribution in [0.5, 0.6) is 5.75 Å². The minimum atomic E-state index is -3.79. The van der Waals surface area contributed by atoms with E-state index in [-0.39, 0.29) is 36.5 Å². The number of sulfonamides is 1. The van der Waals surface area contributed by atoms with E-state index >= 15 is 0 Å². The quantitative estimate of drug-likeness (QED) is 0.526. The number of nitrogens with one attached hydrogen (secondary N) is 1. The van der Waals surface area contributed by atoms with Crippen molar-refractivity contribution >= 4 is 39.1 Å². The van der Waals surface area contributed by atoms with Crippen LogP contribution in [0.4, 0.5) is 4.79 Å². The minimum absolute atomic E-state index is 0.251. The molecule has 0 radical (unpaired) electrons. The zero-order chi connectivity index (χ0) is 26.7. The van der Waals surface area contributed by atoms with Crippen LogP contribution in [0.25, 0.3) is 0 Å². The molecule has 3 unspecified atom stereocenters. The molecule has 204 valence electrons. The van der Waals surface area contributed by atoms with Crippen molar-refractivity contribution in [2.24, 2.45) is 5.92 Å². The van der Waals surface area contributed by atoms with Gasteiger partial charge in [-0.1, -0.05) is 38.2 Å². The van der Waals surface area contributed by atoms with Gasteiger partial charge in [0.1, 0.15) is 17.8 Å². The van der Waals surface area contributed by atoms with E-state index in [4.69, 9.17) is 4.74 Å². The van der Waals surface area contributed by atoms with Crippen molar-refractivity contribution in [3.8, 4) is 5.75 Å². The molecule has 0 bridgehead atoms. The van der Waals surface area contributed by atoms with E-state index in [0.717, 1.165) is 32.1 Å². The van der Waals surface area contributed by atoms with Crippen LogP contribution in [0, 0.1) is 5.92 Å². The zero-order valence-corrected chi connectivity index (χ0v) is 22.7. The summed E-state index contributed by atoms with van der Waals surface area (Å²) in [5, 5.41) is 6.23. The van der Waals surface area contributed by atoms with Gasteiger partial charge in [0.05, 0.1) is 18.3 Å². The Morgan fingerprint density at radius 2 is 2.00 bits per heavy atom. The monoisotopic (exact) mass is 560 g/mol. The van der Waals surface area contributed by atoms with Crippen LogP contribution in [0.15, 0.2) is 41.4 Å². The first-order chi connectivity index (χ1) is 18.3. The second-order valence-corrected chi connectivity index (χ2v) is 12.9. The average Bonchev–Trinajstić information content (AvgIpc) is 3.63. The second kappa shape index (κ2) is 11.5. The van der Waals surface area contributed by atoms with Crippen LogP contribution < -0.4 is 10.1 Å². The van der Waals surface area contributed by atoms with Crippen molar-refractivity contribution in [2.45, 2.75) is 68.8 Å². The number of amides is 2. The first-order valence-corrected chi connectivity index (χ1v) is 15.6. The fraction of sp³-hybridized carbons (Fsp3) is 0.538.